The zero-order valence-corrected chi connectivity index (χ0v) is 15.9. The summed E-state index contributed by atoms with van der Waals surface area (Å²) in [6.45, 7) is 3.30. The molecule has 117 valence electrons. The normalized spacial score (nSPS) is 9.61. The Labute approximate surface area is 158 Å². The van der Waals surface area contributed by atoms with E-state index in [2.05, 4.69) is 17.9 Å². The van der Waals surface area contributed by atoms with Crippen LogP contribution in [0, 0.1) is 36.5 Å². The summed E-state index contributed by atoms with van der Waals surface area (Å²) in [6.07, 6.45) is 0. The van der Waals surface area contributed by atoms with E-state index in [1.165, 1.54) is 17.7 Å². The van der Waals surface area contributed by atoms with Crippen molar-refractivity contribution in [2.45, 2.75) is 13.8 Å². The molecule has 0 aliphatic heterocycles. The molecule has 6 heteroatoms. The van der Waals surface area contributed by atoms with Gasteiger partial charge in [0.1, 0.15) is 12.4 Å². The molecule has 23 heavy (non-hydrogen) atoms. The van der Waals surface area contributed by atoms with Gasteiger partial charge in [-0.3, -0.25) is 4.79 Å². The molecule has 0 unspecified atom stereocenters. The fourth-order valence-corrected chi connectivity index (χ4v) is 1.99. The molecule has 0 aliphatic carbocycles. The fourth-order valence-electron chi connectivity index (χ4n) is 1.99. The van der Waals surface area contributed by atoms with Crippen molar-refractivity contribution in [3.05, 3.63) is 51.8 Å². The standard InChI is InChI=1S/C17H14F2NO2.Y/c1-4-5-8-22-12-9-13(18)16(14(19)10-12)15-7-6-11(2)17(21)20(15)3;/h6,9-10H,8H2,1-3H3;/q-1;. The van der Waals surface area contributed by atoms with Crippen LogP contribution in [0.3, 0.4) is 0 Å². The molecule has 2 aromatic rings. The molecular weight excluding hydrogens is 377 g/mol. The number of aromatic nitrogens is 1. The van der Waals surface area contributed by atoms with Gasteiger partial charge in [-0.2, -0.15) is 12.1 Å². The molecular formula is C17H14F2NO2Y-. The zero-order valence-electron chi connectivity index (χ0n) is 13.0. The molecule has 0 bridgehead atoms. The summed E-state index contributed by atoms with van der Waals surface area (Å²) in [5, 5.41) is 0. The van der Waals surface area contributed by atoms with Crippen molar-refractivity contribution in [1.82, 2.24) is 4.57 Å². The van der Waals surface area contributed by atoms with Crippen LogP contribution in [0.1, 0.15) is 12.5 Å². The maximum atomic E-state index is 14.2. The average molecular weight is 391 g/mol. The molecule has 0 saturated heterocycles. The smallest absolute Gasteiger partial charge is 0.197 e. The minimum Gasteiger partial charge on any atom is -0.481 e. The number of benzene rings is 1. The largest absolute Gasteiger partial charge is 0.481 e. The predicted octanol–water partition coefficient (Wildman–Crippen LogP) is 2.84. The molecule has 1 heterocycles. The summed E-state index contributed by atoms with van der Waals surface area (Å²) in [6, 6.07) is 6.28. The van der Waals surface area contributed by atoms with Crippen LogP contribution < -0.4 is 10.3 Å². The summed E-state index contributed by atoms with van der Waals surface area (Å²) in [5.41, 5.74) is -0.143. The molecule has 0 N–H and O–H groups in total. The van der Waals surface area contributed by atoms with Gasteiger partial charge in [-0.1, -0.05) is 24.1 Å². The summed E-state index contributed by atoms with van der Waals surface area (Å²) in [7, 11) is 1.45. The number of nitrogens with zero attached hydrogens (tertiary/aromatic N) is 1. The molecule has 2 rings (SSSR count). The van der Waals surface area contributed by atoms with Gasteiger partial charge in [-0.15, -0.1) is 5.92 Å². The van der Waals surface area contributed by atoms with Gasteiger partial charge < -0.3 is 9.30 Å². The predicted molar refractivity (Wildman–Crippen MR) is 79.6 cm³/mol. The molecule has 0 atom stereocenters. The van der Waals surface area contributed by atoms with E-state index in [1.807, 2.05) is 0 Å². The first-order valence-corrected chi connectivity index (χ1v) is 6.55. The van der Waals surface area contributed by atoms with Crippen LogP contribution >= 0.6 is 0 Å². The average Bonchev–Trinajstić information content (AvgIpc) is 2.47. The third kappa shape index (κ3) is 4.27. The fraction of sp³-hybridized carbons (Fsp3) is 0.235. The van der Waals surface area contributed by atoms with Gasteiger partial charge in [-0.05, 0) is 12.5 Å². The van der Waals surface area contributed by atoms with Gasteiger partial charge in [0.2, 0.25) is 0 Å². The van der Waals surface area contributed by atoms with Crippen molar-refractivity contribution in [3.8, 4) is 28.8 Å². The number of aryl methyl sites for hydroxylation is 1. The Kier molecular flexibility index (Phi) is 7.12. The van der Waals surface area contributed by atoms with Crippen LogP contribution in [-0.2, 0) is 39.8 Å². The third-order valence-electron chi connectivity index (χ3n) is 3.14. The summed E-state index contributed by atoms with van der Waals surface area (Å²) in [5.74, 6) is 3.65. The van der Waals surface area contributed by atoms with Gasteiger partial charge >= 0.3 is 0 Å². The quantitative estimate of drug-likeness (QED) is 0.595. The molecule has 0 spiro atoms. The Morgan fingerprint density at radius 3 is 2.48 bits per heavy atom. The van der Waals surface area contributed by atoms with Crippen molar-refractivity contribution >= 4 is 0 Å². The van der Waals surface area contributed by atoms with E-state index in [-0.39, 0.29) is 61.9 Å². The molecule has 1 radical (unpaired) electrons. The number of halogens is 2. The van der Waals surface area contributed by atoms with Crippen molar-refractivity contribution in [2.75, 3.05) is 6.61 Å². The Hall–Kier alpha value is -1.51. The maximum Gasteiger partial charge on any atom is 0.197 e. The van der Waals surface area contributed by atoms with E-state index < -0.39 is 11.6 Å². The van der Waals surface area contributed by atoms with E-state index in [1.54, 1.807) is 13.8 Å². The zero-order chi connectivity index (χ0) is 16.3. The summed E-state index contributed by atoms with van der Waals surface area (Å²) < 4.78 is 34.8. The molecule has 3 nitrogen and oxygen atoms in total. The van der Waals surface area contributed by atoms with Crippen molar-refractivity contribution in [2.24, 2.45) is 7.05 Å². The second kappa shape index (κ2) is 8.38. The van der Waals surface area contributed by atoms with Crippen LogP contribution in [0.15, 0.2) is 23.0 Å². The minimum atomic E-state index is -0.824. The van der Waals surface area contributed by atoms with Gasteiger partial charge in [0, 0.05) is 51.9 Å². The van der Waals surface area contributed by atoms with Gasteiger partial charge in [0.15, 0.2) is 5.56 Å². The van der Waals surface area contributed by atoms with Crippen LogP contribution in [0.2, 0.25) is 0 Å². The van der Waals surface area contributed by atoms with Crippen LogP contribution in [-0.4, -0.2) is 11.2 Å². The van der Waals surface area contributed by atoms with E-state index in [0.29, 0.717) is 5.56 Å². The van der Waals surface area contributed by atoms with Crippen LogP contribution in [0.5, 0.6) is 5.75 Å². The second-order valence-electron chi connectivity index (χ2n) is 4.66. The van der Waals surface area contributed by atoms with Gasteiger partial charge in [-0.25, -0.2) is 8.78 Å². The number of hydrogen-bond donors (Lipinski definition) is 0. The van der Waals surface area contributed by atoms with Gasteiger partial charge in [0.25, 0.3) is 0 Å². The van der Waals surface area contributed by atoms with Gasteiger partial charge in [0.05, 0.1) is 11.6 Å². The molecule has 0 amide bonds. The third-order valence-corrected chi connectivity index (χ3v) is 3.14. The van der Waals surface area contributed by atoms with Crippen molar-refractivity contribution in [3.63, 3.8) is 0 Å². The maximum absolute atomic E-state index is 14.2. The van der Waals surface area contributed by atoms with Crippen molar-refractivity contribution in [1.29, 1.82) is 0 Å². The van der Waals surface area contributed by atoms with Crippen LogP contribution in [0.25, 0.3) is 11.3 Å². The Morgan fingerprint density at radius 1 is 1.30 bits per heavy atom. The second-order valence-corrected chi connectivity index (χ2v) is 4.66. The molecule has 1 aromatic carbocycles. The minimum absolute atomic E-state index is 0. The Morgan fingerprint density at radius 2 is 1.91 bits per heavy atom. The van der Waals surface area contributed by atoms with Crippen molar-refractivity contribution < 1.29 is 46.2 Å². The summed E-state index contributed by atoms with van der Waals surface area (Å²) in [4.78, 5) is 11.9. The molecule has 0 aliphatic rings. The summed E-state index contributed by atoms with van der Waals surface area (Å²) >= 11 is 0. The monoisotopic (exact) mass is 391 g/mol. The van der Waals surface area contributed by atoms with E-state index in [0.717, 1.165) is 12.1 Å². The first kappa shape index (κ1) is 19.5. The number of hydrogen-bond acceptors (Lipinski definition) is 2. The number of pyridine rings is 1. The van der Waals surface area contributed by atoms with E-state index >= 15 is 0 Å². The van der Waals surface area contributed by atoms with E-state index in [4.69, 9.17) is 4.74 Å². The molecule has 0 saturated carbocycles. The first-order chi connectivity index (χ1) is 10.5. The topological polar surface area (TPSA) is 31.2 Å². The molecule has 0 fully saturated rings. The Bertz CT molecular complexity index is 812. The first-order valence-electron chi connectivity index (χ1n) is 6.55. The number of rotatable bonds is 3. The number of ether oxygens (including phenoxy) is 1. The van der Waals surface area contributed by atoms with Crippen LogP contribution in [0.4, 0.5) is 8.78 Å². The van der Waals surface area contributed by atoms with E-state index in [9.17, 15) is 13.6 Å². The molecule has 1 aromatic heterocycles. The Balaban J connectivity index is 0.00000264. The SMILES string of the molecule is CC#CCOc1cc(F)c(-c2[c-]cc(C)c(=O)n2C)c(F)c1.[Y].